The number of nitrogens with one attached hydrogen (secondary N) is 1. The van der Waals surface area contributed by atoms with Crippen LogP contribution in [0.4, 0.5) is 0 Å². The number of benzene rings is 1. The molecule has 3 heteroatoms. The van der Waals surface area contributed by atoms with Gasteiger partial charge in [0.15, 0.2) is 0 Å². The summed E-state index contributed by atoms with van der Waals surface area (Å²) < 4.78 is 5.16. The van der Waals surface area contributed by atoms with Gasteiger partial charge in [-0.15, -0.1) is 11.8 Å². The van der Waals surface area contributed by atoms with Crippen molar-refractivity contribution in [3.8, 4) is 0 Å². The first-order valence-electron chi connectivity index (χ1n) is 5.81. The lowest BCUT2D eigenvalue weighted by Crippen LogP contribution is -2.29. The van der Waals surface area contributed by atoms with Gasteiger partial charge in [-0.3, -0.25) is 0 Å². The fraction of sp³-hybridized carbons (Fsp3) is 0.538. The van der Waals surface area contributed by atoms with Crippen LogP contribution < -0.4 is 5.32 Å². The maximum Gasteiger partial charge on any atom is 0.0611 e. The van der Waals surface area contributed by atoms with Crippen LogP contribution >= 0.6 is 11.8 Å². The molecule has 0 spiro atoms. The molecule has 0 unspecified atom stereocenters. The summed E-state index contributed by atoms with van der Waals surface area (Å²) >= 11 is 1.92. The Hall–Kier alpha value is -0.510. The maximum atomic E-state index is 5.16. The summed E-state index contributed by atoms with van der Waals surface area (Å²) in [7, 11) is 0. The van der Waals surface area contributed by atoms with Crippen molar-refractivity contribution in [2.24, 2.45) is 0 Å². The first kappa shape index (κ1) is 12.0. The zero-order valence-electron chi connectivity index (χ0n) is 9.90. The highest BCUT2D eigenvalue weighted by Crippen LogP contribution is 2.27. The Morgan fingerprint density at radius 1 is 1.31 bits per heavy atom. The summed E-state index contributed by atoms with van der Waals surface area (Å²) in [5.41, 5.74) is 1.35. The highest BCUT2D eigenvalue weighted by atomic mass is 32.2. The topological polar surface area (TPSA) is 21.3 Å². The van der Waals surface area contributed by atoms with Crippen LogP contribution in [0.3, 0.4) is 0 Å². The third kappa shape index (κ3) is 3.51. The first-order chi connectivity index (χ1) is 7.74. The van der Waals surface area contributed by atoms with Crippen LogP contribution in [-0.2, 0) is 11.3 Å². The lowest BCUT2D eigenvalue weighted by Gasteiger charge is -2.25. The third-order valence-corrected chi connectivity index (χ3v) is 3.70. The van der Waals surface area contributed by atoms with Crippen molar-refractivity contribution in [3.05, 3.63) is 29.8 Å². The Kier molecular flexibility index (Phi) is 4.27. The van der Waals surface area contributed by atoms with Gasteiger partial charge in [0, 0.05) is 17.5 Å². The second-order valence-electron chi connectivity index (χ2n) is 4.46. The van der Waals surface area contributed by atoms with Crippen molar-refractivity contribution < 1.29 is 4.74 Å². The molecule has 0 amide bonds. The van der Waals surface area contributed by atoms with Gasteiger partial charge in [0.1, 0.15) is 0 Å². The summed E-state index contributed by atoms with van der Waals surface area (Å²) in [5, 5.41) is 4.08. The van der Waals surface area contributed by atoms with Crippen molar-refractivity contribution in [2.75, 3.05) is 13.2 Å². The summed E-state index contributed by atoms with van der Waals surface area (Å²) in [6, 6.07) is 9.37. The van der Waals surface area contributed by atoms with E-state index in [1.165, 1.54) is 10.5 Å². The highest BCUT2D eigenvalue weighted by Gasteiger charge is 2.19. The van der Waals surface area contributed by atoms with Crippen LogP contribution in [0.2, 0.25) is 0 Å². The van der Waals surface area contributed by atoms with Crippen LogP contribution in [0.5, 0.6) is 0 Å². The fourth-order valence-corrected chi connectivity index (χ4v) is 2.49. The number of hydrogen-bond donors (Lipinski definition) is 1. The summed E-state index contributed by atoms with van der Waals surface area (Å²) in [6.45, 7) is 7.10. The van der Waals surface area contributed by atoms with E-state index in [9.17, 15) is 0 Å². The third-order valence-electron chi connectivity index (χ3n) is 2.55. The van der Waals surface area contributed by atoms with Crippen LogP contribution in [0.25, 0.3) is 0 Å². The summed E-state index contributed by atoms with van der Waals surface area (Å²) in [4.78, 5) is 1.35. The van der Waals surface area contributed by atoms with Crippen molar-refractivity contribution in [1.29, 1.82) is 0 Å². The summed E-state index contributed by atoms with van der Waals surface area (Å²) in [5.74, 6) is 0. The normalized spacial score (nSPS) is 16.4. The molecule has 16 heavy (non-hydrogen) atoms. The van der Waals surface area contributed by atoms with Crippen LogP contribution in [0, 0.1) is 0 Å². The number of rotatable bonds is 5. The molecule has 1 saturated heterocycles. The molecule has 1 aromatic rings. The Morgan fingerprint density at radius 2 is 2.00 bits per heavy atom. The number of hydrogen-bond acceptors (Lipinski definition) is 3. The van der Waals surface area contributed by atoms with E-state index >= 15 is 0 Å². The standard InChI is InChI=1S/C13H19NOS/c1-10(2)14-7-11-3-5-12(6-4-11)16-13-8-15-9-13/h3-6,10,13-14H,7-9H2,1-2H3. The molecule has 0 aromatic heterocycles. The van der Waals surface area contributed by atoms with E-state index in [-0.39, 0.29) is 0 Å². The average molecular weight is 237 g/mol. The lowest BCUT2D eigenvalue weighted by atomic mass is 10.2. The Bertz CT molecular complexity index is 319. The van der Waals surface area contributed by atoms with Gasteiger partial charge in [0.25, 0.3) is 0 Å². The zero-order valence-corrected chi connectivity index (χ0v) is 10.7. The zero-order chi connectivity index (χ0) is 11.4. The first-order valence-corrected chi connectivity index (χ1v) is 6.69. The van der Waals surface area contributed by atoms with Crippen molar-refractivity contribution in [1.82, 2.24) is 5.32 Å². The van der Waals surface area contributed by atoms with Gasteiger partial charge < -0.3 is 10.1 Å². The average Bonchev–Trinajstić information content (AvgIpc) is 2.22. The molecule has 0 bridgehead atoms. The van der Waals surface area contributed by atoms with E-state index < -0.39 is 0 Å². The second-order valence-corrected chi connectivity index (χ2v) is 5.83. The van der Waals surface area contributed by atoms with Gasteiger partial charge in [0.2, 0.25) is 0 Å². The van der Waals surface area contributed by atoms with E-state index in [0.29, 0.717) is 11.3 Å². The van der Waals surface area contributed by atoms with Gasteiger partial charge >= 0.3 is 0 Å². The molecule has 1 fully saturated rings. The van der Waals surface area contributed by atoms with Crippen molar-refractivity contribution in [3.63, 3.8) is 0 Å². The fourth-order valence-electron chi connectivity index (χ4n) is 1.48. The minimum atomic E-state index is 0.543. The van der Waals surface area contributed by atoms with E-state index in [0.717, 1.165) is 19.8 Å². The molecule has 2 nitrogen and oxygen atoms in total. The van der Waals surface area contributed by atoms with E-state index in [1.807, 2.05) is 11.8 Å². The predicted octanol–water partition coefficient (Wildman–Crippen LogP) is 2.68. The van der Waals surface area contributed by atoms with Gasteiger partial charge in [-0.1, -0.05) is 26.0 Å². The molecule has 0 aliphatic carbocycles. The smallest absolute Gasteiger partial charge is 0.0611 e. The molecule has 1 N–H and O–H groups in total. The molecule has 1 aliphatic rings. The van der Waals surface area contributed by atoms with Gasteiger partial charge in [-0.2, -0.15) is 0 Å². The van der Waals surface area contributed by atoms with Gasteiger partial charge in [-0.25, -0.2) is 0 Å². The van der Waals surface area contributed by atoms with Gasteiger partial charge in [0.05, 0.1) is 18.5 Å². The number of thioether (sulfide) groups is 1. The monoisotopic (exact) mass is 237 g/mol. The molecular formula is C13H19NOS. The molecule has 2 rings (SSSR count). The van der Waals surface area contributed by atoms with E-state index in [4.69, 9.17) is 4.74 Å². The molecule has 1 aliphatic heterocycles. The molecule has 1 heterocycles. The largest absolute Gasteiger partial charge is 0.379 e. The molecular weight excluding hydrogens is 218 g/mol. The molecule has 1 aromatic carbocycles. The minimum absolute atomic E-state index is 0.543. The SMILES string of the molecule is CC(C)NCc1ccc(SC2COC2)cc1. The highest BCUT2D eigenvalue weighted by molar-refractivity contribution is 8.00. The van der Waals surface area contributed by atoms with Crippen LogP contribution in [0.15, 0.2) is 29.2 Å². The maximum absolute atomic E-state index is 5.16. The minimum Gasteiger partial charge on any atom is -0.379 e. The quantitative estimate of drug-likeness (QED) is 0.850. The second kappa shape index (κ2) is 5.71. The molecule has 88 valence electrons. The van der Waals surface area contributed by atoms with E-state index in [2.05, 4.69) is 43.4 Å². The Labute approximate surface area is 102 Å². The molecule has 0 atom stereocenters. The van der Waals surface area contributed by atoms with Crippen molar-refractivity contribution >= 4 is 11.8 Å². The Morgan fingerprint density at radius 3 is 2.50 bits per heavy atom. The van der Waals surface area contributed by atoms with E-state index in [1.54, 1.807) is 0 Å². The lowest BCUT2D eigenvalue weighted by molar-refractivity contribution is 0.0455. The van der Waals surface area contributed by atoms with Gasteiger partial charge in [-0.05, 0) is 17.7 Å². The van der Waals surface area contributed by atoms with Crippen molar-refractivity contribution in [2.45, 2.75) is 36.6 Å². The Balaban J connectivity index is 1.83. The van der Waals surface area contributed by atoms with Crippen LogP contribution in [0.1, 0.15) is 19.4 Å². The molecule has 0 saturated carbocycles. The number of ether oxygens (including phenoxy) is 1. The predicted molar refractivity (Wildman–Crippen MR) is 68.9 cm³/mol. The summed E-state index contributed by atoms with van der Waals surface area (Å²) in [6.07, 6.45) is 0. The van der Waals surface area contributed by atoms with Crippen LogP contribution in [-0.4, -0.2) is 24.5 Å². The molecule has 0 radical (unpaired) electrons.